The number of rotatable bonds is 13. The lowest BCUT2D eigenvalue weighted by molar-refractivity contribution is -0.249. The third-order valence-electron chi connectivity index (χ3n) is 7.68. The molecule has 5 nitrogen and oxygen atoms in total. The fourth-order valence-corrected chi connectivity index (χ4v) is 5.44. The van der Waals surface area contributed by atoms with Crippen molar-refractivity contribution in [2.45, 2.75) is 62.9 Å². The third kappa shape index (κ3) is 6.52. The minimum absolute atomic E-state index is 0.0705. The molecule has 1 saturated carbocycles. The minimum Gasteiger partial charge on any atom is -0.374 e. The van der Waals surface area contributed by atoms with E-state index >= 15 is 0 Å². The summed E-state index contributed by atoms with van der Waals surface area (Å²) in [6, 6.07) is 40.9. The van der Waals surface area contributed by atoms with Gasteiger partial charge in [-0.3, -0.25) is 0 Å². The molecule has 0 radical (unpaired) electrons. The van der Waals surface area contributed by atoms with Gasteiger partial charge >= 0.3 is 0 Å². The lowest BCUT2D eigenvalue weighted by Crippen LogP contribution is -2.57. The molecule has 4 aromatic rings. The molecular formula is C35H36O5. The first-order chi connectivity index (χ1) is 19.8. The van der Waals surface area contributed by atoms with Crippen molar-refractivity contribution in [1.29, 1.82) is 0 Å². The van der Waals surface area contributed by atoms with Gasteiger partial charge in [0.25, 0.3) is 0 Å². The Morgan fingerprint density at radius 1 is 0.575 bits per heavy atom. The van der Waals surface area contributed by atoms with Gasteiger partial charge in [-0.15, -0.1) is 0 Å². The zero-order valence-corrected chi connectivity index (χ0v) is 22.6. The van der Waals surface area contributed by atoms with Crippen LogP contribution in [-0.2, 0) is 50.1 Å². The van der Waals surface area contributed by atoms with Crippen LogP contribution in [0, 0.1) is 0 Å². The van der Waals surface area contributed by atoms with Crippen LogP contribution in [0.1, 0.15) is 28.7 Å². The van der Waals surface area contributed by atoms with Crippen molar-refractivity contribution in [3.63, 3.8) is 0 Å². The molecule has 6 rings (SSSR count). The number of hydrogen-bond donors (Lipinski definition) is 0. The summed E-state index contributed by atoms with van der Waals surface area (Å²) in [5.74, 6) is 0. The van der Waals surface area contributed by atoms with Crippen molar-refractivity contribution in [3.8, 4) is 0 Å². The minimum atomic E-state index is -0.568. The summed E-state index contributed by atoms with van der Waals surface area (Å²) < 4.78 is 32.8. The van der Waals surface area contributed by atoms with Gasteiger partial charge in [-0.05, 0) is 22.3 Å². The molecule has 0 amide bonds. The molecule has 2 fully saturated rings. The van der Waals surface area contributed by atoms with E-state index < -0.39 is 5.60 Å². The van der Waals surface area contributed by atoms with Crippen LogP contribution < -0.4 is 0 Å². The molecular weight excluding hydrogens is 500 g/mol. The van der Waals surface area contributed by atoms with E-state index in [2.05, 4.69) is 48.5 Å². The normalized spacial score (nSPS) is 25.3. The van der Waals surface area contributed by atoms with E-state index in [-0.39, 0.29) is 24.4 Å². The standard InChI is InChI=1S/C35H36O5/c1-5-13-27(14-6-1)22-36-26-31-33(37-23-28-15-7-2-8-16-28)34(38-24-29-17-9-3-10-18-29)35(21-32(35)40-31)39-25-30-19-11-4-12-20-30/h1-20,31-34H,21-26H2/t31-,32+,33-,34+,35+/m1/s1. The van der Waals surface area contributed by atoms with Gasteiger partial charge < -0.3 is 23.7 Å². The van der Waals surface area contributed by atoms with Crippen molar-refractivity contribution in [1.82, 2.24) is 0 Å². The van der Waals surface area contributed by atoms with Crippen molar-refractivity contribution in [3.05, 3.63) is 144 Å². The van der Waals surface area contributed by atoms with Crippen LogP contribution in [0.4, 0.5) is 0 Å². The highest BCUT2D eigenvalue weighted by atomic mass is 16.6. The van der Waals surface area contributed by atoms with E-state index in [9.17, 15) is 0 Å². The lowest BCUT2D eigenvalue weighted by Gasteiger charge is -2.42. The molecule has 0 bridgehead atoms. The highest BCUT2D eigenvalue weighted by Crippen LogP contribution is 2.53. The maximum atomic E-state index is 6.73. The van der Waals surface area contributed by atoms with Crippen LogP contribution in [0.2, 0.25) is 0 Å². The van der Waals surface area contributed by atoms with Crippen molar-refractivity contribution < 1.29 is 23.7 Å². The van der Waals surface area contributed by atoms with Crippen LogP contribution in [0.5, 0.6) is 0 Å². The second-order valence-electron chi connectivity index (χ2n) is 10.6. The Balaban J connectivity index is 1.23. The molecule has 2 aliphatic rings. The van der Waals surface area contributed by atoms with Gasteiger partial charge in [0, 0.05) is 6.42 Å². The van der Waals surface area contributed by atoms with Gasteiger partial charge in [0.1, 0.15) is 23.9 Å². The highest BCUT2D eigenvalue weighted by Gasteiger charge is 2.69. The van der Waals surface area contributed by atoms with E-state index in [1.165, 1.54) is 0 Å². The summed E-state index contributed by atoms with van der Waals surface area (Å²) in [5, 5.41) is 0. The van der Waals surface area contributed by atoms with Crippen molar-refractivity contribution >= 4 is 0 Å². The molecule has 1 heterocycles. The first kappa shape index (κ1) is 26.9. The van der Waals surface area contributed by atoms with Crippen LogP contribution >= 0.6 is 0 Å². The monoisotopic (exact) mass is 536 g/mol. The average molecular weight is 537 g/mol. The molecule has 1 saturated heterocycles. The predicted molar refractivity (Wildman–Crippen MR) is 153 cm³/mol. The van der Waals surface area contributed by atoms with Crippen molar-refractivity contribution in [2.24, 2.45) is 0 Å². The van der Waals surface area contributed by atoms with Crippen molar-refractivity contribution in [2.75, 3.05) is 6.61 Å². The number of fused-ring (bicyclic) bond motifs is 1. The molecule has 4 aromatic carbocycles. The number of benzene rings is 4. The summed E-state index contributed by atoms with van der Waals surface area (Å²) in [5.41, 5.74) is 3.90. The van der Waals surface area contributed by atoms with E-state index in [1.54, 1.807) is 0 Å². The Morgan fingerprint density at radius 2 is 1.05 bits per heavy atom. The first-order valence-corrected chi connectivity index (χ1v) is 14.1. The molecule has 0 N–H and O–H groups in total. The Hall–Kier alpha value is -3.32. The smallest absolute Gasteiger partial charge is 0.126 e. The van der Waals surface area contributed by atoms with E-state index in [1.807, 2.05) is 72.8 Å². The fraction of sp³-hybridized carbons (Fsp3) is 0.314. The molecule has 0 unspecified atom stereocenters. The van der Waals surface area contributed by atoms with Crippen LogP contribution in [0.15, 0.2) is 121 Å². The quantitative estimate of drug-likeness (QED) is 0.195. The van der Waals surface area contributed by atoms with Crippen LogP contribution in [-0.4, -0.2) is 36.6 Å². The van der Waals surface area contributed by atoms with E-state index in [4.69, 9.17) is 23.7 Å². The van der Waals surface area contributed by atoms with Gasteiger partial charge in [-0.1, -0.05) is 121 Å². The molecule has 0 spiro atoms. The summed E-state index contributed by atoms with van der Waals surface area (Å²) in [7, 11) is 0. The maximum Gasteiger partial charge on any atom is 0.126 e. The number of ether oxygens (including phenoxy) is 5. The molecule has 206 valence electrons. The van der Waals surface area contributed by atoms with Crippen LogP contribution in [0.3, 0.4) is 0 Å². The second-order valence-corrected chi connectivity index (χ2v) is 10.6. The summed E-state index contributed by atoms with van der Waals surface area (Å²) >= 11 is 0. The molecule has 1 aliphatic heterocycles. The summed E-state index contributed by atoms with van der Waals surface area (Å²) in [6.07, 6.45) is -0.272. The Morgan fingerprint density at radius 3 is 1.60 bits per heavy atom. The lowest BCUT2D eigenvalue weighted by atomic mass is 9.97. The Labute approximate surface area is 236 Å². The van der Waals surface area contributed by atoms with Gasteiger partial charge in [-0.2, -0.15) is 0 Å². The summed E-state index contributed by atoms with van der Waals surface area (Å²) in [4.78, 5) is 0. The molecule has 1 aliphatic carbocycles. The Bertz CT molecular complexity index is 1300. The largest absolute Gasteiger partial charge is 0.374 e. The molecule has 5 atom stereocenters. The molecule has 40 heavy (non-hydrogen) atoms. The fourth-order valence-electron chi connectivity index (χ4n) is 5.44. The first-order valence-electron chi connectivity index (χ1n) is 14.1. The summed E-state index contributed by atoms with van der Waals surface area (Å²) in [6.45, 7) is 2.34. The van der Waals surface area contributed by atoms with Gasteiger partial charge in [0.2, 0.25) is 0 Å². The maximum absolute atomic E-state index is 6.73. The third-order valence-corrected chi connectivity index (χ3v) is 7.68. The van der Waals surface area contributed by atoms with E-state index in [0.717, 1.165) is 28.7 Å². The Kier molecular flexibility index (Phi) is 8.67. The highest BCUT2D eigenvalue weighted by molar-refractivity contribution is 5.22. The second kappa shape index (κ2) is 12.9. The molecule has 0 aromatic heterocycles. The zero-order chi connectivity index (χ0) is 27.0. The molecule has 5 heteroatoms. The topological polar surface area (TPSA) is 46.2 Å². The van der Waals surface area contributed by atoms with Gasteiger partial charge in [-0.25, -0.2) is 0 Å². The number of hydrogen-bond acceptors (Lipinski definition) is 5. The van der Waals surface area contributed by atoms with Gasteiger partial charge in [0.05, 0.1) is 39.1 Å². The predicted octanol–water partition coefficient (Wildman–Crippen LogP) is 6.50. The average Bonchev–Trinajstić information content (AvgIpc) is 3.74. The van der Waals surface area contributed by atoms with Crippen LogP contribution in [0.25, 0.3) is 0 Å². The zero-order valence-electron chi connectivity index (χ0n) is 22.6. The SMILES string of the molecule is c1ccc(COC[C@H]2O[C@H]3C[C@@]3(OCc3ccccc3)[C@@H](OCc3ccccc3)[C@@H]2OCc2ccccc2)cc1. The van der Waals surface area contributed by atoms with E-state index in [0.29, 0.717) is 33.0 Å². The van der Waals surface area contributed by atoms with Gasteiger partial charge in [0.15, 0.2) is 0 Å².